The highest BCUT2D eigenvalue weighted by atomic mass is 16.3. The summed E-state index contributed by atoms with van der Waals surface area (Å²) < 4.78 is 4.92. The van der Waals surface area contributed by atoms with Crippen LogP contribution in [0.3, 0.4) is 0 Å². The van der Waals surface area contributed by atoms with Crippen molar-refractivity contribution in [2.75, 3.05) is 6.61 Å². The predicted octanol–water partition coefficient (Wildman–Crippen LogP) is -0.367. The summed E-state index contributed by atoms with van der Waals surface area (Å²) in [6, 6.07) is 2.69. The number of furan rings is 1. The van der Waals surface area contributed by atoms with E-state index in [9.17, 15) is 0 Å². The first-order chi connectivity index (χ1) is 5.25. The fraction of sp³-hybridized carbons (Fsp3) is 0.429. The minimum atomic E-state index is -0.957. The molecule has 0 amide bonds. The lowest BCUT2D eigenvalue weighted by Gasteiger charge is -2.13. The van der Waals surface area contributed by atoms with Gasteiger partial charge in [0.25, 0.3) is 0 Å². The molecule has 1 aromatic rings. The first-order valence-corrected chi connectivity index (χ1v) is 3.33. The van der Waals surface area contributed by atoms with Gasteiger partial charge in [-0.15, -0.1) is 0 Å². The van der Waals surface area contributed by atoms with E-state index in [1.54, 1.807) is 12.1 Å². The van der Waals surface area contributed by atoms with E-state index in [0.717, 1.165) is 0 Å². The molecule has 2 atom stereocenters. The van der Waals surface area contributed by atoms with E-state index in [1.807, 2.05) is 0 Å². The fourth-order valence-electron chi connectivity index (χ4n) is 0.784. The van der Waals surface area contributed by atoms with Crippen LogP contribution in [0.1, 0.15) is 11.8 Å². The van der Waals surface area contributed by atoms with Crippen molar-refractivity contribution in [3.8, 4) is 0 Å². The van der Waals surface area contributed by atoms with Crippen LogP contribution in [-0.4, -0.2) is 22.9 Å². The summed E-state index contributed by atoms with van der Waals surface area (Å²) >= 11 is 0. The topological polar surface area (TPSA) is 79.6 Å². The average Bonchev–Trinajstić information content (AvgIpc) is 2.53. The van der Waals surface area contributed by atoms with Gasteiger partial charge in [-0.1, -0.05) is 0 Å². The van der Waals surface area contributed by atoms with E-state index >= 15 is 0 Å². The SMILES string of the molecule is NC(c1ccco1)C(O)CO. The second-order valence-corrected chi connectivity index (χ2v) is 2.29. The van der Waals surface area contributed by atoms with Crippen molar-refractivity contribution >= 4 is 0 Å². The van der Waals surface area contributed by atoms with Crippen LogP contribution in [0.15, 0.2) is 22.8 Å². The molecule has 1 rings (SSSR count). The number of rotatable bonds is 3. The Kier molecular flexibility index (Phi) is 2.64. The lowest BCUT2D eigenvalue weighted by Crippen LogP contribution is -2.28. The summed E-state index contributed by atoms with van der Waals surface area (Å²) in [4.78, 5) is 0. The van der Waals surface area contributed by atoms with Gasteiger partial charge in [0.1, 0.15) is 5.76 Å². The monoisotopic (exact) mass is 157 g/mol. The van der Waals surface area contributed by atoms with Crippen LogP contribution in [-0.2, 0) is 0 Å². The summed E-state index contributed by atoms with van der Waals surface area (Å²) in [5.74, 6) is 0.478. The molecule has 11 heavy (non-hydrogen) atoms. The molecule has 62 valence electrons. The maximum absolute atomic E-state index is 9.06. The minimum absolute atomic E-state index is 0.359. The highest BCUT2D eigenvalue weighted by Crippen LogP contribution is 2.13. The Bertz CT molecular complexity index is 197. The highest BCUT2D eigenvalue weighted by Gasteiger charge is 2.17. The number of hydrogen-bond donors (Lipinski definition) is 3. The van der Waals surface area contributed by atoms with Gasteiger partial charge in [-0.05, 0) is 12.1 Å². The van der Waals surface area contributed by atoms with Crippen molar-refractivity contribution in [2.45, 2.75) is 12.1 Å². The summed E-state index contributed by atoms with van der Waals surface area (Å²) in [6.45, 7) is -0.359. The van der Waals surface area contributed by atoms with E-state index in [0.29, 0.717) is 5.76 Å². The third kappa shape index (κ3) is 1.80. The van der Waals surface area contributed by atoms with Crippen LogP contribution in [0.4, 0.5) is 0 Å². The van der Waals surface area contributed by atoms with E-state index in [-0.39, 0.29) is 6.61 Å². The molecule has 0 aliphatic carbocycles. The van der Waals surface area contributed by atoms with E-state index in [2.05, 4.69) is 0 Å². The molecule has 0 radical (unpaired) electrons. The zero-order valence-electron chi connectivity index (χ0n) is 5.97. The number of aliphatic hydroxyl groups excluding tert-OH is 2. The van der Waals surface area contributed by atoms with Crippen molar-refractivity contribution in [3.05, 3.63) is 24.2 Å². The normalized spacial score (nSPS) is 16.3. The molecule has 4 nitrogen and oxygen atoms in total. The Morgan fingerprint density at radius 3 is 2.82 bits per heavy atom. The lowest BCUT2D eigenvalue weighted by molar-refractivity contribution is 0.0681. The Morgan fingerprint density at radius 1 is 1.64 bits per heavy atom. The molecule has 0 aliphatic heterocycles. The molecule has 0 aromatic carbocycles. The van der Waals surface area contributed by atoms with Crippen LogP contribution in [0.5, 0.6) is 0 Å². The molecule has 2 unspecified atom stereocenters. The summed E-state index contributed by atoms with van der Waals surface area (Å²) in [7, 11) is 0. The quantitative estimate of drug-likeness (QED) is 0.559. The first-order valence-electron chi connectivity index (χ1n) is 3.33. The third-order valence-corrected chi connectivity index (χ3v) is 1.47. The van der Waals surface area contributed by atoms with Crippen molar-refractivity contribution < 1.29 is 14.6 Å². The van der Waals surface area contributed by atoms with Gasteiger partial charge in [0.2, 0.25) is 0 Å². The third-order valence-electron chi connectivity index (χ3n) is 1.47. The molecule has 0 aliphatic rings. The number of aliphatic hydroxyl groups is 2. The average molecular weight is 157 g/mol. The van der Waals surface area contributed by atoms with Gasteiger partial charge in [0.05, 0.1) is 25.0 Å². The van der Waals surface area contributed by atoms with Gasteiger partial charge >= 0.3 is 0 Å². The number of hydrogen-bond acceptors (Lipinski definition) is 4. The Morgan fingerprint density at radius 2 is 2.36 bits per heavy atom. The van der Waals surface area contributed by atoms with E-state index in [1.165, 1.54) is 6.26 Å². The summed E-state index contributed by atoms with van der Waals surface area (Å²) in [5, 5.41) is 17.6. The molecule has 0 saturated heterocycles. The van der Waals surface area contributed by atoms with Crippen molar-refractivity contribution in [2.24, 2.45) is 5.73 Å². The molecule has 0 bridgehead atoms. The second-order valence-electron chi connectivity index (χ2n) is 2.29. The maximum Gasteiger partial charge on any atom is 0.123 e. The Labute approximate surface area is 64.2 Å². The van der Waals surface area contributed by atoms with Gasteiger partial charge in [0.15, 0.2) is 0 Å². The first kappa shape index (κ1) is 8.26. The predicted molar refractivity (Wildman–Crippen MR) is 38.7 cm³/mol. The highest BCUT2D eigenvalue weighted by molar-refractivity contribution is 5.05. The Balaban J connectivity index is 2.62. The molecule has 4 N–H and O–H groups in total. The minimum Gasteiger partial charge on any atom is -0.468 e. The van der Waals surface area contributed by atoms with Crippen molar-refractivity contribution in [1.82, 2.24) is 0 Å². The Hall–Kier alpha value is -0.840. The zero-order chi connectivity index (χ0) is 8.27. The molecule has 0 saturated carbocycles. The van der Waals surface area contributed by atoms with Gasteiger partial charge in [-0.3, -0.25) is 0 Å². The van der Waals surface area contributed by atoms with Crippen LogP contribution in [0.25, 0.3) is 0 Å². The molecule has 0 spiro atoms. The van der Waals surface area contributed by atoms with Gasteiger partial charge in [-0.2, -0.15) is 0 Å². The standard InChI is InChI=1S/C7H11NO3/c8-7(5(10)4-9)6-2-1-3-11-6/h1-3,5,7,9-10H,4,8H2. The van der Waals surface area contributed by atoms with Gasteiger partial charge < -0.3 is 20.4 Å². The van der Waals surface area contributed by atoms with Gasteiger partial charge in [0, 0.05) is 0 Å². The zero-order valence-corrected chi connectivity index (χ0v) is 5.97. The van der Waals surface area contributed by atoms with Crippen LogP contribution in [0.2, 0.25) is 0 Å². The van der Waals surface area contributed by atoms with Crippen LogP contribution in [0, 0.1) is 0 Å². The molecule has 1 aromatic heterocycles. The maximum atomic E-state index is 9.06. The van der Waals surface area contributed by atoms with Crippen LogP contribution < -0.4 is 5.73 Å². The summed E-state index contributed by atoms with van der Waals surface area (Å²) in [6.07, 6.45) is 0.514. The van der Waals surface area contributed by atoms with Crippen molar-refractivity contribution in [1.29, 1.82) is 0 Å². The smallest absolute Gasteiger partial charge is 0.123 e. The number of nitrogens with two attached hydrogens (primary N) is 1. The largest absolute Gasteiger partial charge is 0.468 e. The molecule has 4 heteroatoms. The second kappa shape index (κ2) is 3.52. The lowest BCUT2D eigenvalue weighted by atomic mass is 10.1. The molecular weight excluding hydrogens is 146 g/mol. The van der Waals surface area contributed by atoms with Crippen molar-refractivity contribution in [3.63, 3.8) is 0 Å². The van der Waals surface area contributed by atoms with E-state index < -0.39 is 12.1 Å². The molecule has 1 heterocycles. The van der Waals surface area contributed by atoms with Gasteiger partial charge in [-0.25, -0.2) is 0 Å². The molecular formula is C7H11NO3. The summed E-state index contributed by atoms with van der Waals surface area (Å²) in [5.41, 5.74) is 5.49. The fourth-order valence-corrected chi connectivity index (χ4v) is 0.784. The van der Waals surface area contributed by atoms with E-state index in [4.69, 9.17) is 20.4 Å². The molecule has 0 fully saturated rings. The van der Waals surface area contributed by atoms with Crippen LogP contribution >= 0.6 is 0 Å².